The molecule has 0 aromatic carbocycles. The molecule has 2 fully saturated rings. The van der Waals surface area contributed by atoms with E-state index in [1.165, 1.54) is 6.54 Å². The normalized spacial score (nSPS) is 31.8. The highest BCUT2D eigenvalue weighted by Crippen LogP contribution is 2.27. The van der Waals surface area contributed by atoms with Crippen molar-refractivity contribution in [1.82, 2.24) is 4.90 Å². The molecule has 0 aliphatic carbocycles. The van der Waals surface area contributed by atoms with Crippen molar-refractivity contribution in [3.05, 3.63) is 0 Å². The van der Waals surface area contributed by atoms with E-state index in [4.69, 9.17) is 4.74 Å². The summed E-state index contributed by atoms with van der Waals surface area (Å²) >= 11 is 0. The predicted octanol–water partition coefficient (Wildman–Crippen LogP) is 2.00. The minimum Gasteiger partial charge on any atom is -0.376 e. The van der Waals surface area contributed by atoms with Gasteiger partial charge in [-0.3, -0.25) is 0 Å². The fraction of sp³-hybridized carbons (Fsp3) is 1.00. The fourth-order valence-electron chi connectivity index (χ4n) is 1.52. The molecule has 0 aromatic rings. The van der Waals surface area contributed by atoms with E-state index < -0.39 is 0 Å². The van der Waals surface area contributed by atoms with Crippen LogP contribution in [-0.4, -0.2) is 37.7 Å². The zero-order valence-corrected chi connectivity index (χ0v) is 9.13. The Bertz CT molecular complexity index is 94.0. The quantitative estimate of drug-likeness (QED) is 0.555. The minimum atomic E-state index is 0.597. The smallest absolute Gasteiger partial charge is 0.0764 e. The second-order valence-electron chi connectivity index (χ2n) is 2.85. The molecule has 1 unspecified atom stereocenters. The number of nitrogens with zero attached hydrogens (tertiary/aromatic N) is 1. The minimum absolute atomic E-state index is 0.597. The molecule has 0 radical (unpaired) electrons. The topological polar surface area (TPSA) is 12.5 Å². The standard InChI is InChI=1S/C6H11NO.2C2H6/c1-7-2-5-4-8-6(5)3-7;2*1-2/h5-6H,2-4H2,1H3;2*1-2H3/t5?,6-;;/m0../s1. The number of hydrogen-bond acceptors (Lipinski definition) is 2. The van der Waals surface area contributed by atoms with Crippen molar-refractivity contribution in [2.24, 2.45) is 5.92 Å². The van der Waals surface area contributed by atoms with Gasteiger partial charge in [0.1, 0.15) is 0 Å². The van der Waals surface area contributed by atoms with Gasteiger partial charge in [-0.05, 0) is 7.05 Å². The average molecular weight is 173 g/mol. The van der Waals surface area contributed by atoms with Crippen LogP contribution in [0.2, 0.25) is 0 Å². The number of rotatable bonds is 0. The van der Waals surface area contributed by atoms with Crippen LogP contribution in [0.4, 0.5) is 0 Å². The zero-order valence-electron chi connectivity index (χ0n) is 9.13. The number of likely N-dealkylation sites (N-methyl/N-ethyl adjacent to an activating group) is 1. The zero-order chi connectivity index (χ0) is 9.56. The van der Waals surface area contributed by atoms with Crippen LogP contribution < -0.4 is 0 Å². The third-order valence-corrected chi connectivity index (χ3v) is 2.09. The first-order valence-corrected chi connectivity index (χ1v) is 5.16. The molecule has 2 nitrogen and oxygen atoms in total. The van der Waals surface area contributed by atoms with Crippen molar-refractivity contribution in [1.29, 1.82) is 0 Å². The lowest BCUT2D eigenvalue weighted by Crippen LogP contribution is -2.37. The lowest BCUT2D eigenvalue weighted by Gasteiger charge is -2.29. The maximum absolute atomic E-state index is 5.28. The summed E-state index contributed by atoms with van der Waals surface area (Å²) in [6.45, 7) is 11.4. The van der Waals surface area contributed by atoms with Crippen LogP contribution in [-0.2, 0) is 4.74 Å². The second kappa shape index (κ2) is 6.44. The van der Waals surface area contributed by atoms with Crippen LogP contribution in [0.15, 0.2) is 0 Å². The van der Waals surface area contributed by atoms with Gasteiger partial charge in [-0.15, -0.1) is 0 Å². The Hall–Kier alpha value is -0.0800. The summed E-state index contributed by atoms with van der Waals surface area (Å²) in [6, 6.07) is 0. The Morgan fingerprint density at radius 1 is 1.08 bits per heavy atom. The molecule has 2 atom stereocenters. The molecular weight excluding hydrogens is 150 g/mol. The molecule has 2 heteroatoms. The number of fused-ring (bicyclic) bond motifs is 1. The monoisotopic (exact) mass is 173 g/mol. The number of hydrogen-bond donors (Lipinski definition) is 0. The predicted molar refractivity (Wildman–Crippen MR) is 53.4 cm³/mol. The van der Waals surface area contributed by atoms with Crippen molar-refractivity contribution >= 4 is 0 Å². The van der Waals surface area contributed by atoms with Gasteiger partial charge in [0, 0.05) is 19.0 Å². The van der Waals surface area contributed by atoms with E-state index in [2.05, 4.69) is 11.9 Å². The van der Waals surface area contributed by atoms with Crippen LogP contribution >= 0.6 is 0 Å². The van der Waals surface area contributed by atoms with Gasteiger partial charge in [0.25, 0.3) is 0 Å². The molecule has 2 aliphatic rings. The summed E-state index contributed by atoms with van der Waals surface area (Å²) in [6.07, 6.45) is 0.597. The van der Waals surface area contributed by atoms with E-state index in [9.17, 15) is 0 Å². The van der Waals surface area contributed by atoms with Crippen molar-refractivity contribution in [3.8, 4) is 0 Å². The third kappa shape index (κ3) is 2.76. The van der Waals surface area contributed by atoms with E-state index in [-0.39, 0.29) is 0 Å². The van der Waals surface area contributed by atoms with Crippen molar-refractivity contribution in [3.63, 3.8) is 0 Å². The first-order valence-electron chi connectivity index (χ1n) is 5.16. The molecule has 2 saturated heterocycles. The fourth-order valence-corrected chi connectivity index (χ4v) is 1.52. The van der Waals surface area contributed by atoms with E-state index >= 15 is 0 Å². The van der Waals surface area contributed by atoms with E-state index in [0.717, 1.165) is 19.1 Å². The number of likely N-dealkylation sites (tertiary alicyclic amines) is 1. The number of ether oxygens (including phenoxy) is 1. The molecule has 0 N–H and O–H groups in total. The largest absolute Gasteiger partial charge is 0.376 e. The summed E-state index contributed by atoms with van der Waals surface area (Å²) in [5.41, 5.74) is 0. The highest BCUT2D eigenvalue weighted by Gasteiger charge is 2.38. The van der Waals surface area contributed by atoms with Gasteiger partial charge in [0.15, 0.2) is 0 Å². The molecule has 12 heavy (non-hydrogen) atoms. The molecule has 74 valence electrons. The van der Waals surface area contributed by atoms with Gasteiger partial charge >= 0.3 is 0 Å². The lowest BCUT2D eigenvalue weighted by atomic mass is 10.0. The summed E-state index contributed by atoms with van der Waals surface area (Å²) in [4.78, 5) is 2.34. The maximum atomic E-state index is 5.28. The van der Waals surface area contributed by atoms with E-state index in [1.54, 1.807) is 0 Å². The first-order chi connectivity index (χ1) is 5.86. The van der Waals surface area contributed by atoms with Gasteiger partial charge < -0.3 is 9.64 Å². The van der Waals surface area contributed by atoms with Gasteiger partial charge in [0.05, 0.1) is 12.7 Å². The molecule has 0 amide bonds. The maximum Gasteiger partial charge on any atom is 0.0764 e. The SMILES string of the molecule is CC.CC.CN1CC2CO[C@H]2C1. The summed E-state index contributed by atoms with van der Waals surface area (Å²) < 4.78 is 5.28. The molecule has 0 aromatic heterocycles. The van der Waals surface area contributed by atoms with Crippen LogP contribution in [0.3, 0.4) is 0 Å². The van der Waals surface area contributed by atoms with Crippen LogP contribution in [0, 0.1) is 5.92 Å². The Kier molecular flexibility index (Phi) is 6.39. The Labute approximate surface area is 76.9 Å². The molecule has 2 aliphatic heterocycles. The lowest BCUT2D eigenvalue weighted by molar-refractivity contribution is -0.0830. The highest BCUT2D eigenvalue weighted by molar-refractivity contribution is 4.89. The van der Waals surface area contributed by atoms with Gasteiger partial charge in [-0.1, -0.05) is 27.7 Å². The van der Waals surface area contributed by atoms with E-state index in [1.807, 2.05) is 27.7 Å². The molecular formula is C10H23NO. The van der Waals surface area contributed by atoms with E-state index in [0.29, 0.717) is 6.10 Å². The van der Waals surface area contributed by atoms with Crippen molar-refractivity contribution < 1.29 is 4.74 Å². The molecule has 0 saturated carbocycles. The third-order valence-electron chi connectivity index (χ3n) is 2.09. The van der Waals surface area contributed by atoms with Crippen LogP contribution in [0.5, 0.6) is 0 Å². The Balaban J connectivity index is 0.000000269. The van der Waals surface area contributed by atoms with Crippen molar-refractivity contribution in [2.45, 2.75) is 33.8 Å². The molecule has 2 heterocycles. The van der Waals surface area contributed by atoms with Gasteiger partial charge in [-0.25, -0.2) is 0 Å². The summed E-state index contributed by atoms with van der Waals surface area (Å²) in [5.74, 6) is 0.875. The second-order valence-corrected chi connectivity index (χ2v) is 2.85. The van der Waals surface area contributed by atoms with Gasteiger partial charge in [0.2, 0.25) is 0 Å². The molecule has 2 rings (SSSR count). The van der Waals surface area contributed by atoms with Crippen LogP contribution in [0.1, 0.15) is 27.7 Å². The summed E-state index contributed by atoms with van der Waals surface area (Å²) in [5, 5.41) is 0. The first kappa shape index (κ1) is 11.9. The molecule has 0 spiro atoms. The van der Waals surface area contributed by atoms with Gasteiger partial charge in [-0.2, -0.15) is 0 Å². The summed E-state index contributed by atoms with van der Waals surface area (Å²) in [7, 11) is 2.15. The Morgan fingerprint density at radius 2 is 1.67 bits per heavy atom. The highest BCUT2D eigenvalue weighted by atomic mass is 16.5. The van der Waals surface area contributed by atoms with Crippen LogP contribution in [0.25, 0.3) is 0 Å². The average Bonchev–Trinajstić information content (AvgIpc) is 2.38. The Morgan fingerprint density at radius 3 is 1.83 bits per heavy atom. The molecule has 0 bridgehead atoms. The van der Waals surface area contributed by atoms with Crippen molar-refractivity contribution in [2.75, 3.05) is 26.7 Å².